The molecular weight excluding hydrogens is 188 g/mol. The van der Waals surface area contributed by atoms with Gasteiger partial charge >= 0.3 is 5.97 Å². The summed E-state index contributed by atoms with van der Waals surface area (Å²) in [5, 5.41) is 12.2. The lowest BCUT2D eigenvalue weighted by atomic mass is 10.4. The van der Waals surface area contributed by atoms with Gasteiger partial charge in [-0.25, -0.2) is 10.3 Å². The molecule has 0 unspecified atom stereocenters. The van der Waals surface area contributed by atoms with Crippen LogP contribution in [0.5, 0.6) is 0 Å². The van der Waals surface area contributed by atoms with Crippen LogP contribution in [0.3, 0.4) is 0 Å². The first-order valence-corrected chi connectivity index (χ1v) is 3.96. The Morgan fingerprint density at radius 3 is 2.86 bits per heavy atom. The van der Waals surface area contributed by atoms with Gasteiger partial charge in [0.05, 0.1) is 18.0 Å². The Kier molecular flexibility index (Phi) is 3.05. The van der Waals surface area contributed by atoms with Crippen molar-refractivity contribution in [2.45, 2.75) is 13.3 Å². The smallest absolute Gasteiger partial charge is 0.338 e. The van der Waals surface area contributed by atoms with Crippen LogP contribution in [-0.2, 0) is 4.79 Å². The molecule has 76 valence electrons. The van der Waals surface area contributed by atoms with Crippen LogP contribution in [0, 0.1) is 0 Å². The van der Waals surface area contributed by atoms with Crippen molar-refractivity contribution < 1.29 is 14.7 Å². The van der Waals surface area contributed by atoms with E-state index in [-0.39, 0.29) is 11.5 Å². The van der Waals surface area contributed by atoms with Crippen LogP contribution < -0.4 is 11.0 Å². The summed E-state index contributed by atoms with van der Waals surface area (Å²) in [6.07, 6.45) is 2.76. The van der Waals surface area contributed by atoms with Crippen molar-refractivity contribution in [3.05, 3.63) is 18.0 Å². The molecule has 0 radical (unpaired) electrons. The van der Waals surface area contributed by atoms with E-state index in [1.165, 1.54) is 12.4 Å². The molecule has 14 heavy (non-hydrogen) atoms. The molecule has 1 amide bonds. The summed E-state index contributed by atoms with van der Waals surface area (Å²) in [5.74, 6) is -1.28. The van der Waals surface area contributed by atoms with Crippen molar-refractivity contribution in [1.29, 1.82) is 0 Å². The molecule has 3 N–H and O–H groups in total. The highest BCUT2D eigenvalue weighted by molar-refractivity contribution is 5.86. The van der Waals surface area contributed by atoms with E-state index in [1.54, 1.807) is 6.92 Å². The van der Waals surface area contributed by atoms with Gasteiger partial charge in [0, 0.05) is 6.42 Å². The molecule has 1 heterocycles. The Morgan fingerprint density at radius 2 is 2.36 bits per heavy atom. The largest absolute Gasteiger partial charge is 0.478 e. The number of nitrogens with one attached hydrogen (secondary N) is 2. The van der Waals surface area contributed by atoms with Crippen molar-refractivity contribution in [2.24, 2.45) is 0 Å². The van der Waals surface area contributed by atoms with Gasteiger partial charge in [0.1, 0.15) is 0 Å². The highest BCUT2D eigenvalue weighted by Crippen LogP contribution is 1.94. The fourth-order valence-electron chi connectivity index (χ4n) is 0.702. The van der Waals surface area contributed by atoms with Crippen molar-refractivity contribution >= 4 is 11.9 Å². The van der Waals surface area contributed by atoms with Crippen LogP contribution in [0.4, 0.5) is 0 Å². The third-order valence-corrected chi connectivity index (χ3v) is 1.46. The Morgan fingerprint density at radius 1 is 1.64 bits per heavy atom. The molecule has 1 aromatic heterocycles. The lowest BCUT2D eigenvalue weighted by Crippen LogP contribution is -2.35. The van der Waals surface area contributed by atoms with E-state index in [2.05, 4.69) is 16.1 Å². The Labute approximate surface area is 79.7 Å². The number of aromatic carboxylic acids is 1. The summed E-state index contributed by atoms with van der Waals surface area (Å²) >= 11 is 0. The van der Waals surface area contributed by atoms with Crippen LogP contribution in [0.15, 0.2) is 12.4 Å². The maximum Gasteiger partial charge on any atom is 0.338 e. The highest BCUT2D eigenvalue weighted by atomic mass is 16.4. The molecule has 0 spiro atoms. The quantitative estimate of drug-likeness (QED) is 0.570. The molecule has 0 aliphatic rings. The van der Waals surface area contributed by atoms with E-state index in [9.17, 15) is 9.59 Å². The monoisotopic (exact) mass is 198 g/mol. The summed E-state index contributed by atoms with van der Waals surface area (Å²) in [4.78, 5) is 22.3. The van der Waals surface area contributed by atoms with Crippen LogP contribution in [0.1, 0.15) is 23.7 Å². The predicted octanol–water partition coefficient (Wildman–Crippen LogP) is -0.434. The molecule has 1 aromatic rings. The zero-order valence-electron chi connectivity index (χ0n) is 7.52. The third-order valence-electron chi connectivity index (χ3n) is 1.46. The second-order valence-electron chi connectivity index (χ2n) is 2.49. The van der Waals surface area contributed by atoms with Gasteiger partial charge in [-0.15, -0.1) is 0 Å². The van der Waals surface area contributed by atoms with Crippen LogP contribution in [0.2, 0.25) is 0 Å². The number of carbonyl (C=O) groups is 2. The van der Waals surface area contributed by atoms with Crippen LogP contribution in [0.25, 0.3) is 0 Å². The first-order valence-electron chi connectivity index (χ1n) is 3.96. The fourth-order valence-corrected chi connectivity index (χ4v) is 0.702. The molecule has 0 bridgehead atoms. The lowest BCUT2D eigenvalue weighted by Gasteiger charge is -2.05. The normalized spacial score (nSPS) is 9.50. The minimum absolute atomic E-state index is 0.0447. The molecule has 0 aliphatic carbocycles. The number of hydrogen-bond donors (Lipinski definition) is 3. The van der Waals surface area contributed by atoms with Crippen molar-refractivity contribution in [1.82, 2.24) is 15.3 Å². The molecule has 7 nitrogen and oxygen atoms in total. The van der Waals surface area contributed by atoms with E-state index < -0.39 is 5.97 Å². The average Bonchev–Trinajstić information content (AvgIpc) is 2.62. The van der Waals surface area contributed by atoms with Crippen LogP contribution >= 0.6 is 0 Å². The van der Waals surface area contributed by atoms with E-state index in [0.717, 1.165) is 4.79 Å². The number of carboxylic acid groups (broad SMARTS) is 1. The second kappa shape index (κ2) is 4.26. The lowest BCUT2D eigenvalue weighted by molar-refractivity contribution is -0.120. The molecule has 0 fully saturated rings. The molecular formula is C7H10N4O3. The standard InChI is InChI=1S/C7H10N4O3/c1-2-6(12)9-10-11-4-5(3-8-11)7(13)14/h3-4,10H,2H2,1H3,(H,9,12)(H,13,14). The minimum atomic E-state index is -1.07. The number of nitrogens with zero attached hydrogens (tertiary/aromatic N) is 2. The molecule has 0 saturated carbocycles. The van der Waals surface area contributed by atoms with Gasteiger partial charge in [-0.2, -0.15) is 9.89 Å². The second-order valence-corrected chi connectivity index (χ2v) is 2.49. The summed E-state index contributed by atoms with van der Waals surface area (Å²) in [6, 6.07) is 0. The van der Waals surface area contributed by atoms with E-state index >= 15 is 0 Å². The average molecular weight is 198 g/mol. The van der Waals surface area contributed by atoms with Crippen LogP contribution in [-0.4, -0.2) is 26.9 Å². The molecule has 1 rings (SSSR count). The maximum atomic E-state index is 10.8. The van der Waals surface area contributed by atoms with Crippen molar-refractivity contribution in [3.63, 3.8) is 0 Å². The fraction of sp³-hybridized carbons (Fsp3) is 0.286. The van der Waals surface area contributed by atoms with Gasteiger partial charge < -0.3 is 5.11 Å². The number of amides is 1. The maximum absolute atomic E-state index is 10.8. The van der Waals surface area contributed by atoms with E-state index in [0.29, 0.717) is 6.42 Å². The summed E-state index contributed by atoms with van der Waals surface area (Å²) in [5.41, 5.74) is 4.78. The van der Waals surface area contributed by atoms with Gasteiger partial charge in [0.15, 0.2) is 0 Å². The van der Waals surface area contributed by atoms with Crippen molar-refractivity contribution in [3.8, 4) is 0 Å². The third kappa shape index (κ3) is 2.47. The Bertz CT molecular complexity index is 346. The first-order chi connectivity index (χ1) is 6.63. The van der Waals surface area contributed by atoms with Crippen molar-refractivity contribution in [2.75, 3.05) is 5.53 Å². The summed E-state index contributed by atoms with van der Waals surface area (Å²) in [7, 11) is 0. The first kappa shape index (κ1) is 10.0. The Balaban J connectivity index is 2.52. The van der Waals surface area contributed by atoms with Gasteiger partial charge in [-0.05, 0) is 0 Å². The van der Waals surface area contributed by atoms with Gasteiger partial charge in [-0.1, -0.05) is 6.92 Å². The van der Waals surface area contributed by atoms with Gasteiger partial charge in [-0.3, -0.25) is 10.2 Å². The number of hydrazine groups is 1. The summed E-state index contributed by atoms with van der Waals surface area (Å²) in [6.45, 7) is 1.70. The highest BCUT2D eigenvalue weighted by Gasteiger charge is 2.05. The number of carbonyl (C=O) groups excluding carboxylic acids is 1. The van der Waals surface area contributed by atoms with Gasteiger partial charge in [0.2, 0.25) is 5.91 Å². The number of carboxylic acids is 1. The van der Waals surface area contributed by atoms with Gasteiger partial charge in [0.25, 0.3) is 0 Å². The molecule has 7 heteroatoms. The molecule has 0 aromatic carbocycles. The minimum Gasteiger partial charge on any atom is -0.478 e. The molecule has 0 saturated heterocycles. The summed E-state index contributed by atoms with van der Waals surface area (Å²) < 4.78 is 0. The number of rotatable bonds is 4. The number of aromatic nitrogens is 2. The zero-order valence-corrected chi connectivity index (χ0v) is 7.52. The SMILES string of the molecule is CCC(=O)NNn1cc(C(=O)O)cn1. The zero-order chi connectivity index (χ0) is 10.6. The topological polar surface area (TPSA) is 96.2 Å². The van der Waals surface area contributed by atoms with E-state index in [4.69, 9.17) is 5.11 Å². The Hall–Kier alpha value is -2.05. The van der Waals surface area contributed by atoms with E-state index in [1.807, 2.05) is 0 Å². The molecule has 0 atom stereocenters. The number of hydrogen-bond acceptors (Lipinski definition) is 4. The predicted molar refractivity (Wildman–Crippen MR) is 47.0 cm³/mol. The molecule has 0 aliphatic heterocycles.